The molecule has 1 aliphatic rings. The molecule has 3 heterocycles. The van der Waals surface area contributed by atoms with Gasteiger partial charge in [-0.3, -0.25) is 9.97 Å². The highest BCUT2D eigenvalue weighted by atomic mass is 15.1. The molecule has 3 aromatic heterocycles. The lowest BCUT2D eigenvalue weighted by molar-refractivity contribution is 1.22. The molecule has 0 saturated carbocycles. The predicted octanol–water partition coefficient (Wildman–Crippen LogP) is 12.8. The number of nitrogens with zero attached hydrogens (tertiary/aromatic N) is 4. The fourth-order valence-electron chi connectivity index (χ4n) is 7.71. The Balaban J connectivity index is 1.10. The lowest BCUT2D eigenvalue weighted by atomic mass is 9.94. The van der Waals surface area contributed by atoms with Crippen molar-refractivity contribution in [3.8, 4) is 67.3 Å². The van der Waals surface area contributed by atoms with E-state index in [1.807, 2.05) is 36.4 Å². The van der Waals surface area contributed by atoms with Gasteiger partial charge in [0, 0.05) is 29.5 Å². The fraction of sp³-hybridized carbons (Fsp3) is 0. The van der Waals surface area contributed by atoms with Crippen molar-refractivity contribution in [1.82, 2.24) is 15.0 Å². The van der Waals surface area contributed by atoms with E-state index in [4.69, 9.17) is 4.98 Å². The Hall–Kier alpha value is -7.17. The highest BCUT2D eigenvalue weighted by Gasteiger charge is 2.23. The molecule has 0 N–H and O–H groups in total. The molecule has 1 aliphatic carbocycles. The molecular formula is C49H32N4. The Morgan fingerprint density at radius 3 is 1.51 bits per heavy atom. The standard InChI is InChI=1S/C49H32N4/c1-2-15-36(16-3-1)53(38-18-11-14-34(30-38)39-25-26-44-41-20-5-4-19-40(41)43-22-12-21-42(39)49(43)44)37-17-10-13-33(29-37)35-31-47(45-23-6-8-27-50-45)52-48(32-35)46-24-7-9-28-51-46/h1-32H. The summed E-state index contributed by atoms with van der Waals surface area (Å²) in [6.45, 7) is 0. The van der Waals surface area contributed by atoms with Gasteiger partial charge in [-0.25, -0.2) is 4.98 Å². The summed E-state index contributed by atoms with van der Waals surface area (Å²) in [5.41, 5.74) is 16.2. The summed E-state index contributed by atoms with van der Waals surface area (Å²) in [6, 6.07) is 64.3. The first-order valence-corrected chi connectivity index (χ1v) is 17.8. The van der Waals surface area contributed by atoms with E-state index < -0.39 is 0 Å². The van der Waals surface area contributed by atoms with E-state index in [1.165, 1.54) is 44.2 Å². The molecule has 0 aliphatic heterocycles. The van der Waals surface area contributed by atoms with E-state index in [2.05, 4.69) is 160 Å². The van der Waals surface area contributed by atoms with E-state index in [1.54, 1.807) is 12.4 Å². The van der Waals surface area contributed by atoms with Crippen molar-refractivity contribution in [3.05, 3.63) is 194 Å². The minimum atomic E-state index is 0.801. The van der Waals surface area contributed by atoms with E-state index >= 15 is 0 Å². The molecule has 0 spiro atoms. The molecule has 0 atom stereocenters. The maximum atomic E-state index is 5.00. The second-order valence-corrected chi connectivity index (χ2v) is 13.3. The van der Waals surface area contributed by atoms with Crippen LogP contribution < -0.4 is 4.90 Å². The van der Waals surface area contributed by atoms with Gasteiger partial charge in [-0.2, -0.15) is 0 Å². The van der Waals surface area contributed by atoms with Gasteiger partial charge in [0.1, 0.15) is 0 Å². The number of fused-ring (bicyclic) bond motifs is 3. The number of aromatic nitrogens is 3. The molecule has 0 amide bonds. The van der Waals surface area contributed by atoms with Crippen LogP contribution in [0.5, 0.6) is 0 Å². The van der Waals surface area contributed by atoms with Crippen molar-refractivity contribution < 1.29 is 0 Å². The van der Waals surface area contributed by atoms with Gasteiger partial charge in [0.25, 0.3) is 0 Å². The van der Waals surface area contributed by atoms with Crippen LogP contribution in [0.1, 0.15) is 0 Å². The molecule has 0 saturated heterocycles. The van der Waals surface area contributed by atoms with Crippen molar-refractivity contribution in [2.24, 2.45) is 0 Å². The number of hydrogen-bond donors (Lipinski definition) is 0. The van der Waals surface area contributed by atoms with Gasteiger partial charge in [-0.1, -0.05) is 109 Å². The zero-order valence-electron chi connectivity index (χ0n) is 28.8. The normalized spacial score (nSPS) is 11.4. The number of pyridine rings is 3. The number of anilines is 3. The van der Waals surface area contributed by atoms with E-state index in [0.717, 1.165) is 51.0 Å². The molecule has 0 fully saturated rings. The summed E-state index contributed by atoms with van der Waals surface area (Å²) in [7, 11) is 0. The highest BCUT2D eigenvalue weighted by molar-refractivity contribution is 6.18. The molecule has 6 aromatic carbocycles. The molecule has 0 bridgehead atoms. The lowest BCUT2D eigenvalue weighted by Crippen LogP contribution is -2.10. The van der Waals surface area contributed by atoms with Gasteiger partial charge in [-0.15, -0.1) is 0 Å². The average molecular weight is 677 g/mol. The SMILES string of the molecule is c1ccc(N(c2cccc(-c3cc(-c4ccccn4)nc(-c4ccccn4)c3)c2)c2cccc(-c3ccc4c5c(cccc35)-c3ccccc3-4)c2)cc1. The summed E-state index contributed by atoms with van der Waals surface area (Å²) in [4.78, 5) is 16.6. The summed E-state index contributed by atoms with van der Waals surface area (Å²) >= 11 is 0. The second kappa shape index (κ2) is 12.9. The number of para-hydroxylation sites is 1. The molecule has 4 heteroatoms. The quantitative estimate of drug-likeness (QED) is 0.168. The van der Waals surface area contributed by atoms with Crippen molar-refractivity contribution in [2.75, 3.05) is 4.90 Å². The van der Waals surface area contributed by atoms with Crippen molar-refractivity contribution in [1.29, 1.82) is 0 Å². The molecule has 9 aromatic rings. The van der Waals surface area contributed by atoms with Gasteiger partial charge in [0.2, 0.25) is 0 Å². The Labute approximate surface area is 308 Å². The van der Waals surface area contributed by atoms with Crippen LogP contribution in [0.25, 0.3) is 78.1 Å². The van der Waals surface area contributed by atoms with Crippen LogP contribution >= 0.6 is 0 Å². The topological polar surface area (TPSA) is 41.9 Å². The van der Waals surface area contributed by atoms with E-state index in [0.29, 0.717) is 0 Å². The first-order valence-electron chi connectivity index (χ1n) is 17.8. The Morgan fingerprint density at radius 2 is 0.849 bits per heavy atom. The Bertz CT molecular complexity index is 2690. The molecule has 53 heavy (non-hydrogen) atoms. The zero-order chi connectivity index (χ0) is 35.1. The summed E-state index contributed by atoms with van der Waals surface area (Å²) in [5.74, 6) is 0. The third-order valence-corrected chi connectivity index (χ3v) is 10.1. The lowest BCUT2D eigenvalue weighted by Gasteiger charge is -2.26. The smallest absolute Gasteiger partial charge is 0.0900 e. The summed E-state index contributed by atoms with van der Waals surface area (Å²) in [5, 5.41) is 2.60. The summed E-state index contributed by atoms with van der Waals surface area (Å²) < 4.78 is 0. The van der Waals surface area contributed by atoms with Gasteiger partial charge in [0.05, 0.1) is 22.8 Å². The van der Waals surface area contributed by atoms with Gasteiger partial charge < -0.3 is 4.90 Å². The minimum absolute atomic E-state index is 0.801. The van der Waals surface area contributed by atoms with Crippen LogP contribution in [-0.4, -0.2) is 15.0 Å². The Morgan fingerprint density at radius 1 is 0.321 bits per heavy atom. The average Bonchev–Trinajstić information content (AvgIpc) is 3.57. The van der Waals surface area contributed by atoms with Crippen LogP contribution in [0.4, 0.5) is 17.1 Å². The van der Waals surface area contributed by atoms with Crippen molar-refractivity contribution >= 4 is 27.8 Å². The van der Waals surface area contributed by atoms with Gasteiger partial charge in [0.15, 0.2) is 0 Å². The van der Waals surface area contributed by atoms with E-state index in [-0.39, 0.29) is 0 Å². The summed E-state index contributed by atoms with van der Waals surface area (Å²) in [6.07, 6.45) is 3.61. The fourth-order valence-corrected chi connectivity index (χ4v) is 7.71. The molecule has 10 rings (SSSR count). The van der Waals surface area contributed by atoms with Crippen molar-refractivity contribution in [2.45, 2.75) is 0 Å². The zero-order valence-corrected chi connectivity index (χ0v) is 28.8. The first-order chi connectivity index (χ1) is 26.3. The van der Waals surface area contributed by atoms with Crippen LogP contribution in [0.3, 0.4) is 0 Å². The van der Waals surface area contributed by atoms with Crippen LogP contribution in [0.2, 0.25) is 0 Å². The van der Waals surface area contributed by atoms with E-state index in [9.17, 15) is 0 Å². The van der Waals surface area contributed by atoms with Crippen LogP contribution in [0, 0.1) is 0 Å². The molecule has 0 unspecified atom stereocenters. The minimum Gasteiger partial charge on any atom is -0.310 e. The molecule has 4 nitrogen and oxygen atoms in total. The monoisotopic (exact) mass is 676 g/mol. The third-order valence-electron chi connectivity index (χ3n) is 10.1. The number of hydrogen-bond acceptors (Lipinski definition) is 4. The highest BCUT2D eigenvalue weighted by Crippen LogP contribution is 2.49. The molecule has 248 valence electrons. The number of rotatable bonds is 7. The van der Waals surface area contributed by atoms with Crippen LogP contribution in [0.15, 0.2) is 194 Å². The Kier molecular flexibility index (Phi) is 7.43. The van der Waals surface area contributed by atoms with Crippen molar-refractivity contribution in [3.63, 3.8) is 0 Å². The second-order valence-electron chi connectivity index (χ2n) is 13.3. The van der Waals surface area contributed by atoms with Crippen LogP contribution in [-0.2, 0) is 0 Å². The first kappa shape index (κ1) is 30.6. The molecule has 0 radical (unpaired) electrons. The maximum absolute atomic E-state index is 5.00. The number of benzene rings is 6. The maximum Gasteiger partial charge on any atom is 0.0900 e. The van der Waals surface area contributed by atoms with Gasteiger partial charge >= 0.3 is 0 Å². The largest absolute Gasteiger partial charge is 0.310 e. The molecular weight excluding hydrogens is 645 g/mol. The third kappa shape index (κ3) is 5.45. The van der Waals surface area contributed by atoms with Gasteiger partial charge in [-0.05, 0) is 128 Å². The predicted molar refractivity (Wildman–Crippen MR) is 218 cm³/mol.